The lowest BCUT2D eigenvalue weighted by molar-refractivity contribution is 0.335. The summed E-state index contributed by atoms with van der Waals surface area (Å²) in [5.74, 6) is 0.757. The first-order valence-electron chi connectivity index (χ1n) is 6.45. The molecule has 0 radical (unpaired) electrons. The normalized spacial score (nSPS) is 10.7. The van der Waals surface area contributed by atoms with Crippen molar-refractivity contribution < 1.29 is 9.26 Å². The molecule has 2 aromatic carbocycles. The molecule has 106 valence electrons. The number of nitrogens with zero attached hydrogens (tertiary/aromatic N) is 1. The summed E-state index contributed by atoms with van der Waals surface area (Å²) in [5, 5.41) is 6.55. The van der Waals surface area contributed by atoms with Gasteiger partial charge in [0.15, 0.2) is 11.5 Å². The van der Waals surface area contributed by atoms with Gasteiger partial charge in [0.05, 0.1) is 12.8 Å². The van der Waals surface area contributed by atoms with Crippen LogP contribution in [0.4, 0.5) is 11.4 Å². The second kappa shape index (κ2) is 5.24. The Morgan fingerprint density at radius 2 is 1.90 bits per heavy atom. The minimum absolute atomic E-state index is 0.0989. The van der Waals surface area contributed by atoms with Crippen molar-refractivity contribution >= 4 is 11.4 Å². The molecule has 0 saturated heterocycles. The molecular weight excluding hydrogens is 272 g/mol. The lowest BCUT2D eigenvalue weighted by atomic mass is 10.1. The van der Waals surface area contributed by atoms with Crippen molar-refractivity contribution in [2.24, 2.45) is 0 Å². The van der Waals surface area contributed by atoms with Gasteiger partial charge in [0.2, 0.25) is 0 Å². The van der Waals surface area contributed by atoms with Gasteiger partial charge in [-0.3, -0.25) is 9.59 Å². The molecule has 6 heteroatoms. The van der Waals surface area contributed by atoms with Crippen LogP contribution in [0.1, 0.15) is 6.92 Å². The number of benzene rings is 1. The van der Waals surface area contributed by atoms with Crippen molar-refractivity contribution in [3.63, 3.8) is 0 Å². The van der Waals surface area contributed by atoms with E-state index in [0.29, 0.717) is 18.1 Å². The molecule has 1 aromatic heterocycles. The minimum atomic E-state index is -0.586. The highest BCUT2D eigenvalue weighted by molar-refractivity contribution is 5.71. The molecule has 0 aliphatic carbocycles. The maximum absolute atomic E-state index is 11.5. The molecule has 1 N–H and O–H groups in total. The van der Waals surface area contributed by atoms with Crippen LogP contribution in [-0.2, 0) is 0 Å². The predicted octanol–water partition coefficient (Wildman–Crippen LogP) is 2.08. The van der Waals surface area contributed by atoms with Crippen LogP contribution in [0.5, 0.6) is 5.75 Å². The van der Waals surface area contributed by atoms with Crippen molar-refractivity contribution in [3.8, 4) is 17.1 Å². The molecular formula is C15H12N2O4. The average molecular weight is 284 g/mol. The molecule has 0 amide bonds. The number of rotatable bonds is 5. The standard InChI is InChI=1S/C15H12N2O4/c1-2-20-15-12(13(18)14(15)19)17-10-5-3-9(4-6-10)11-7-8-16-21-11/h3-8,17H,2H2,1H3. The van der Waals surface area contributed by atoms with Gasteiger partial charge in [-0.25, -0.2) is 0 Å². The molecule has 0 aliphatic heterocycles. The van der Waals surface area contributed by atoms with E-state index in [0.717, 1.165) is 5.56 Å². The Morgan fingerprint density at radius 3 is 2.52 bits per heavy atom. The molecule has 0 spiro atoms. The van der Waals surface area contributed by atoms with E-state index in [-0.39, 0.29) is 11.4 Å². The summed E-state index contributed by atoms with van der Waals surface area (Å²) in [6, 6.07) is 8.98. The summed E-state index contributed by atoms with van der Waals surface area (Å²) >= 11 is 0. The van der Waals surface area contributed by atoms with E-state index in [9.17, 15) is 9.59 Å². The van der Waals surface area contributed by atoms with Gasteiger partial charge < -0.3 is 14.6 Å². The van der Waals surface area contributed by atoms with Crippen LogP contribution in [-0.4, -0.2) is 11.8 Å². The zero-order valence-electron chi connectivity index (χ0n) is 11.3. The molecule has 21 heavy (non-hydrogen) atoms. The summed E-state index contributed by atoms with van der Waals surface area (Å²) in [5.41, 5.74) is 0.615. The van der Waals surface area contributed by atoms with Crippen LogP contribution in [0.2, 0.25) is 0 Å². The van der Waals surface area contributed by atoms with Gasteiger partial charge in [-0.2, -0.15) is 0 Å². The number of hydrogen-bond acceptors (Lipinski definition) is 6. The van der Waals surface area contributed by atoms with Gasteiger partial charge >= 0.3 is 0 Å². The van der Waals surface area contributed by atoms with Crippen molar-refractivity contribution in [1.82, 2.24) is 5.16 Å². The zero-order chi connectivity index (χ0) is 14.8. The molecule has 3 aromatic rings. The lowest BCUT2D eigenvalue weighted by Crippen LogP contribution is -2.35. The van der Waals surface area contributed by atoms with Crippen LogP contribution in [0, 0.1) is 0 Å². The van der Waals surface area contributed by atoms with Crippen LogP contribution in [0.25, 0.3) is 11.3 Å². The Hall–Kier alpha value is -2.89. The van der Waals surface area contributed by atoms with Crippen molar-refractivity contribution in [3.05, 3.63) is 57.0 Å². The van der Waals surface area contributed by atoms with Crippen LogP contribution < -0.4 is 20.9 Å². The zero-order valence-corrected chi connectivity index (χ0v) is 11.3. The van der Waals surface area contributed by atoms with E-state index in [1.165, 1.54) is 0 Å². The van der Waals surface area contributed by atoms with Gasteiger partial charge in [-0.1, -0.05) is 5.16 Å². The highest BCUT2D eigenvalue weighted by atomic mass is 16.5. The van der Waals surface area contributed by atoms with E-state index in [1.54, 1.807) is 31.3 Å². The van der Waals surface area contributed by atoms with Gasteiger partial charge in [-0.15, -0.1) is 0 Å². The molecule has 0 atom stereocenters. The lowest BCUT2D eigenvalue weighted by Gasteiger charge is -2.13. The summed E-state index contributed by atoms with van der Waals surface area (Å²) in [7, 11) is 0. The summed E-state index contributed by atoms with van der Waals surface area (Å²) < 4.78 is 10.2. The molecule has 0 bridgehead atoms. The van der Waals surface area contributed by atoms with E-state index in [2.05, 4.69) is 10.5 Å². The largest absolute Gasteiger partial charge is 0.488 e. The number of nitrogens with one attached hydrogen (secondary N) is 1. The molecule has 0 unspecified atom stereocenters. The maximum Gasteiger partial charge on any atom is 0.272 e. The van der Waals surface area contributed by atoms with Crippen LogP contribution >= 0.6 is 0 Å². The van der Waals surface area contributed by atoms with E-state index < -0.39 is 10.9 Å². The number of aromatic nitrogens is 1. The molecule has 0 saturated carbocycles. The monoisotopic (exact) mass is 284 g/mol. The van der Waals surface area contributed by atoms with Gasteiger partial charge in [0.25, 0.3) is 10.9 Å². The third kappa shape index (κ3) is 2.31. The van der Waals surface area contributed by atoms with Crippen LogP contribution in [0.15, 0.2) is 50.6 Å². The summed E-state index contributed by atoms with van der Waals surface area (Å²) in [4.78, 5) is 22.9. The molecule has 0 aliphatic rings. The Morgan fingerprint density at radius 1 is 1.14 bits per heavy atom. The highest BCUT2D eigenvalue weighted by Crippen LogP contribution is 2.25. The maximum atomic E-state index is 11.5. The number of ether oxygens (including phenoxy) is 1. The first kappa shape index (κ1) is 13.1. The fourth-order valence-electron chi connectivity index (χ4n) is 1.99. The van der Waals surface area contributed by atoms with E-state index >= 15 is 0 Å². The van der Waals surface area contributed by atoms with Crippen molar-refractivity contribution in [2.45, 2.75) is 6.92 Å². The topological polar surface area (TPSA) is 81.4 Å². The molecule has 3 rings (SSSR count). The fourth-order valence-corrected chi connectivity index (χ4v) is 1.99. The summed E-state index contributed by atoms with van der Waals surface area (Å²) in [6.45, 7) is 2.09. The first-order valence-corrected chi connectivity index (χ1v) is 6.45. The third-order valence-electron chi connectivity index (χ3n) is 3.03. The van der Waals surface area contributed by atoms with Gasteiger partial charge in [-0.05, 0) is 31.2 Å². The first-order chi connectivity index (χ1) is 10.2. The van der Waals surface area contributed by atoms with Crippen LogP contribution in [0.3, 0.4) is 0 Å². The van der Waals surface area contributed by atoms with Gasteiger partial charge in [0, 0.05) is 17.3 Å². The second-order valence-electron chi connectivity index (χ2n) is 4.37. The van der Waals surface area contributed by atoms with Crippen molar-refractivity contribution in [1.29, 1.82) is 0 Å². The van der Waals surface area contributed by atoms with E-state index in [1.807, 2.05) is 12.1 Å². The molecule has 1 heterocycles. The highest BCUT2D eigenvalue weighted by Gasteiger charge is 2.22. The number of anilines is 2. The average Bonchev–Trinajstić information content (AvgIpc) is 3.05. The van der Waals surface area contributed by atoms with Gasteiger partial charge in [0.1, 0.15) is 5.69 Å². The van der Waals surface area contributed by atoms with Crippen molar-refractivity contribution in [2.75, 3.05) is 11.9 Å². The third-order valence-corrected chi connectivity index (χ3v) is 3.03. The Labute approximate surface area is 119 Å². The Bertz CT molecular complexity index is 813. The Kier molecular flexibility index (Phi) is 3.27. The smallest absolute Gasteiger partial charge is 0.272 e. The fraction of sp³-hybridized carbons (Fsp3) is 0.133. The minimum Gasteiger partial charge on any atom is -0.488 e. The molecule has 0 fully saturated rings. The Balaban J connectivity index is 1.82. The number of hydrogen-bond donors (Lipinski definition) is 1. The SMILES string of the molecule is CCOc1c(Nc2ccc(-c3ccno3)cc2)c(=O)c1=O. The summed E-state index contributed by atoms with van der Waals surface area (Å²) in [6.07, 6.45) is 1.57. The second-order valence-corrected chi connectivity index (χ2v) is 4.37. The van der Waals surface area contributed by atoms with E-state index in [4.69, 9.17) is 9.26 Å². The predicted molar refractivity (Wildman–Crippen MR) is 77.7 cm³/mol. The quantitative estimate of drug-likeness (QED) is 0.722. The molecule has 6 nitrogen and oxygen atoms in total.